The average molecular weight is 339 g/mol. The van der Waals surface area contributed by atoms with Gasteiger partial charge in [-0.2, -0.15) is 0 Å². The van der Waals surface area contributed by atoms with E-state index in [9.17, 15) is 0 Å². The zero-order valence-corrected chi connectivity index (χ0v) is 14.5. The zero-order chi connectivity index (χ0) is 14.6. The van der Waals surface area contributed by atoms with Gasteiger partial charge in [0.25, 0.3) is 0 Å². The number of hydrogen-bond acceptors (Lipinski definition) is 2. The summed E-state index contributed by atoms with van der Waals surface area (Å²) >= 11 is 3.52. The minimum Gasteiger partial charge on any atom is -0.312 e. The molecule has 0 aromatic carbocycles. The van der Waals surface area contributed by atoms with Gasteiger partial charge in [0.1, 0.15) is 0 Å². The summed E-state index contributed by atoms with van der Waals surface area (Å²) in [4.78, 5) is 4.30. The smallest absolute Gasteiger partial charge is 0.0410 e. The Hall–Kier alpha value is -0.410. The van der Waals surface area contributed by atoms with Crippen molar-refractivity contribution in [2.24, 2.45) is 11.8 Å². The van der Waals surface area contributed by atoms with E-state index in [1.807, 2.05) is 12.4 Å². The maximum Gasteiger partial charge on any atom is 0.0410 e. The van der Waals surface area contributed by atoms with Crippen molar-refractivity contribution in [3.8, 4) is 0 Å². The van der Waals surface area contributed by atoms with Gasteiger partial charge in [0, 0.05) is 22.4 Å². The molecule has 2 nitrogen and oxygen atoms in total. The quantitative estimate of drug-likeness (QED) is 0.868. The highest BCUT2D eigenvalue weighted by atomic mass is 79.9. The minimum atomic E-state index is 0.222. The highest BCUT2D eigenvalue weighted by Crippen LogP contribution is 2.32. The second kappa shape index (κ2) is 7.04. The maximum absolute atomic E-state index is 4.30. The van der Waals surface area contributed by atoms with Crippen LogP contribution in [0.5, 0.6) is 0 Å². The second-order valence-corrected chi connectivity index (χ2v) is 8.07. The molecule has 0 bridgehead atoms. The van der Waals surface area contributed by atoms with Crippen LogP contribution in [0.4, 0.5) is 0 Å². The third kappa shape index (κ3) is 5.17. The number of aromatic nitrogens is 1. The summed E-state index contributed by atoms with van der Waals surface area (Å²) < 4.78 is 1.09. The third-order valence-corrected chi connectivity index (χ3v) is 4.65. The van der Waals surface area contributed by atoms with Crippen LogP contribution in [-0.4, -0.2) is 17.1 Å². The topological polar surface area (TPSA) is 24.9 Å². The molecular weight excluding hydrogens is 312 g/mol. The van der Waals surface area contributed by atoms with Gasteiger partial charge in [0.2, 0.25) is 0 Å². The van der Waals surface area contributed by atoms with Gasteiger partial charge in [-0.3, -0.25) is 4.98 Å². The monoisotopic (exact) mass is 338 g/mol. The van der Waals surface area contributed by atoms with Crippen LogP contribution in [0.3, 0.4) is 0 Å². The van der Waals surface area contributed by atoms with Gasteiger partial charge in [0.05, 0.1) is 0 Å². The first-order valence-electron chi connectivity index (χ1n) is 7.78. The molecule has 0 saturated heterocycles. The molecule has 112 valence electrons. The molecular formula is C17H27BrN2. The van der Waals surface area contributed by atoms with Crippen molar-refractivity contribution < 1.29 is 0 Å². The van der Waals surface area contributed by atoms with E-state index in [1.54, 1.807) is 0 Å². The molecule has 2 atom stereocenters. The molecule has 0 aliphatic heterocycles. The summed E-state index contributed by atoms with van der Waals surface area (Å²) in [6.45, 7) is 7.91. The summed E-state index contributed by atoms with van der Waals surface area (Å²) in [5.41, 5.74) is 1.59. The van der Waals surface area contributed by atoms with Crippen LogP contribution in [0.25, 0.3) is 0 Å². The molecule has 1 saturated carbocycles. The Morgan fingerprint density at radius 3 is 2.55 bits per heavy atom. The van der Waals surface area contributed by atoms with E-state index < -0.39 is 0 Å². The molecule has 1 fully saturated rings. The Kier molecular flexibility index (Phi) is 5.62. The van der Waals surface area contributed by atoms with Gasteiger partial charge in [-0.25, -0.2) is 0 Å². The molecule has 1 heterocycles. The number of nitrogens with one attached hydrogen (secondary N) is 1. The van der Waals surface area contributed by atoms with Gasteiger partial charge in [-0.15, -0.1) is 0 Å². The summed E-state index contributed by atoms with van der Waals surface area (Å²) in [5, 5.41) is 3.69. The van der Waals surface area contributed by atoms with E-state index in [4.69, 9.17) is 0 Å². The van der Waals surface area contributed by atoms with Crippen molar-refractivity contribution in [3.05, 3.63) is 28.5 Å². The van der Waals surface area contributed by atoms with Crippen molar-refractivity contribution >= 4 is 15.9 Å². The predicted molar refractivity (Wildman–Crippen MR) is 88.8 cm³/mol. The summed E-state index contributed by atoms with van der Waals surface area (Å²) in [6.07, 6.45) is 10.6. The number of halogens is 1. The van der Waals surface area contributed by atoms with E-state index in [2.05, 4.69) is 53.1 Å². The van der Waals surface area contributed by atoms with Crippen LogP contribution in [0.1, 0.15) is 52.0 Å². The van der Waals surface area contributed by atoms with Crippen LogP contribution in [0.2, 0.25) is 0 Å². The third-order valence-electron chi connectivity index (χ3n) is 4.22. The Morgan fingerprint density at radius 1 is 1.20 bits per heavy atom. The van der Waals surface area contributed by atoms with Crippen molar-refractivity contribution in [2.45, 2.75) is 58.4 Å². The normalized spacial score (nSPS) is 23.8. The van der Waals surface area contributed by atoms with Crippen molar-refractivity contribution in [1.82, 2.24) is 10.3 Å². The van der Waals surface area contributed by atoms with Crippen LogP contribution >= 0.6 is 15.9 Å². The van der Waals surface area contributed by atoms with E-state index in [1.165, 1.54) is 37.7 Å². The van der Waals surface area contributed by atoms with Gasteiger partial charge in [-0.05, 0) is 86.0 Å². The highest BCUT2D eigenvalue weighted by molar-refractivity contribution is 9.10. The van der Waals surface area contributed by atoms with Gasteiger partial charge >= 0.3 is 0 Å². The molecule has 1 aromatic rings. The highest BCUT2D eigenvalue weighted by Gasteiger charge is 2.26. The molecule has 2 unspecified atom stereocenters. The fraction of sp³-hybridized carbons (Fsp3) is 0.706. The first kappa shape index (κ1) is 16.0. The van der Waals surface area contributed by atoms with Crippen LogP contribution in [-0.2, 0) is 6.42 Å². The molecule has 20 heavy (non-hydrogen) atoms. The summed E-state index contributed by atoms with van der Waals surface area (Å²) in [7, 11) is 0. The lowest BCUT2D eigenvalue weighted by Crippen LogP contribution is -2.41. The number of nitrogens with zero attached hydrogens (tertiary/aromatic N) is 1. The molecule has 0 amide bonds. The number of rotatable bonds is 4. The molecule has 1 aliphatic rings. The van der Waals surface area contributed by atoms with E-state index in [0.717, 1.165) is 22.9 Å². The Bertz CT molecular complexity index is 425. The minimum absolute atomic E-state index is 0.222. The number of hydrogen-bond donors (Lipinski definition) is 1. The first-order valence-corrected chi connectivity index (χ1v) is 8.58. The zero-order valence-electron chi connectivity index (χ0n) is 13.0. The lowest BCUT2D eigenvalue weighted by Gasteiger charge is -2.34. The van der Waals surface area contributed by atoms with Crippen molar-refractivity contribution in [1.29, 1.82) is 0 Å². The Balaban J connectivity index is 1.96. The van der Waals surface area contributed by atoms with Gasteiger partial charge in [-0.1, -0.05) is 12.8 Å². The molecule has 0 spiro atoms. The predicted octanol–water partition coefficient (Wildman–Crippen LogP) is 4.58. The molecule has 1 aromatic heterocycles. The largest absolute Gasteiger partial charge is 0.312 e. The molecule has 0 radical (unpaired) electrons. The second-order valence-electron chi connectivity index (χ2n) is 7.15. The fourth-order valence-corrected chi connectivity index (χ4v) is 3.54. The molecule has 1 N–H and O–H groups in total. The summed E-state index contributed by atoms with van der Waals surface area (Å²) in [6, 6.07) is 2.22. The van der Waals surface area contributed by atoms with E-state index in [0.29, 0.717) is 0 Å². The van der Waals surface area contributed by atoms with E-state index >= 15 is 0 Å². The molecule has 3 heteroatoms. The first-order chi connectivity index (χ1) is 9.44. The SMILES string of the molecule is CC(C)(C)NCC1CCCCC1Cc1cncc(Br)c1. The summed E-state index contributed by atoms with van der Waals surface area (Å²) in [5.74, 6) is 1.61. The Morgan fingerprint density at radius 2 is 1.90 bits per heavy atom. The standard InChI is InChI=1S/C17H27BrN2/c1-17(2,3)20-11-15-7-5-4-6-14(15)8-13-9-16(18)12-19-10-13/h9-10,12,14-15,20H,4-8,11H2,1-3H3. The average Bonchev–Trinajstić information content (AvgIpc) is 2.37. The maximum atomic E-state index is 4.30. The number of pyridine rings is 1. The molecule has 1 aliphatic carbocycles. The fourth-order valence-electron chi connectivity index (χ4n) is 3.13. The van der Waals surface area contributed by atoms with Crippen LogP contribution in [0.15, 0.2) is 22.9 Å². The van der Waals surface area contributed by atoms with E-state index in [-0.39, 0.29) is 5.54 Å². The van der Waals surface area contributed by atoms with Crippen LogP contribution in [0, 0.1) is 11.8 Å². The van der Waals surface area contributed by atoms with Crippen molar-refractivity contribution in [2.75, 3.05) is 6.54 Å². The van der Waals surface area contributed by atoms with Gasteiger partial charge < -0.3 is 5.32 Å². The van der Waals surface area contributed by atoms with Gasteiger partial charge in [0.15, 0.2) is 0 Å². The van der Waals surface area contributed by atoms with Crippen LogP contribution < -0.4 is 5.32 Å². The Labute approximate surface area is 131 Å². The molecule has 2 rings (SSSR count). The lowest BCUT2D eigenvalue weighted by atomic mass is 9.76. The lowest BCUT2D eigenvalue weighted by molar-refractivity contribution is 0.213. The van der Waals surface area contributed by atoms with Crippen molar-refractivity contribution in [3.63, 3.8) is 0 Å².